The number of pyridine rings is 2. The van der Waals surface area contributed by atoms with Crippen LogP contribution < -0.4 is 15.6 Å². The number of likely N-dealkylation sites (tertiary alicyclic amines) is 1. The summed E-state index contributed by atoms with van der Waals surface area (Å²) in [6, 6.07) is 19.3. The Hall–Kier alpha value is -5.16. The number of nitrogens with one attached hydrogen (secondary N) is 2. The third-order valence-electron chi connectivity index (χ3n) is 9.61. The zero-order valence-corrected chi connectivity index (χ0v) is 25.8. The number of hydrogen-bond donors (Lipinski definition) is 2. The van der Waals surface area contributed by atoms with E-state index in [0.29, 0.717) is 55.0 Å². The van der Waals surface area contributed by atoms with Gasteiger partial charge in [0.15, 0.2) is 5.65 Å². The van der Waals surface area contributed by atoms with Crippen LogP contribution in [-0.4, -0.2) is 92.9 Å². The summed E-state index contributed by atoms with van der Waals surface area (Å²) < 4.78 is 3.86. The zero-order valence-electron chi connectivity index (χ0n) is 25.8. The monoisotopic (exact) mass is 616 g/mol. The number of aryl methyl sites for hydroxylation is 1. The van der Waals surface area contributed by atoms with Gasteiger partial charge in [-0.2, -0.15) is 0 Å². The number of rotatable bonds is 6. The van der Waals surface area contributed by atoms with Gasteiger partial charge in [0.25, 0.3) is 11.8 Å². The molecule has 0 unspecified atom stereocenters. The van der Waals surface area contributed by atoms with E-state index in [2.05, 4.69) is 20.1 Å². The average Bonchev–Trinajstić information content (AvgIpc) is 3.85. The minimum atomic E-state index is -0.366. The lowest BCUT2D eigenvalue weighted by atomic mass is 10.1. The molecule has 4 aromatic heterocycles. The molecule has 0 radical (unpaired) electrons. The number of aromatic amines is 1. The number of aromatic nitrogens is 4. The minimum Gasteiger partial charge on any atom is -0.361 e. The number of para-hydroxylation sites is 2. The SMILES string of the molecule is Cn1c2ccccc2n2c3nc(N4CCN(C(=O)c5ccc6cc[nH]c6c5)CC4)ccc3c(=O)c(C(=O)NCCN3CCCC3)c12. The topological polar surface area (TPSA) is 111 Å². The number of imidazole rings is 1. The molecule has 6 heterocycles. The smallest absolute Gasteiger partial charge is 0.259 e. The fourth-order valence-corrected chi connectivity index (χ4v) is 7.14. The van der Waals surface area contributed by atoms with E-state index in [-0.39, 0.29) is 22.8 Å². The Morgan fingerprint density at radius 3 is 2.50 bits per heavy atom. The second-order valence-corrected chi connectivity index (χ2v) is 12.3. The third-order valence-corrected chi connectivity index (χ3v) is 9.61. The lowest BCUT2D eigenvalue weighted by Crippen LogP contribution is -2.49. The Kier molecular flexibility index (Phi) is 6.97. The van der Waals surface area contributed by atoms with E-state index < -0.39 is 0 Å². The molecule has 8 rings (SSSR count). The maximum Gasteiger partial charge on any atom is 0.259 e. The first-order valence-corrected chi connectivity index (χ1v) is 16.0. The van der Waals surface area contributed by atoms with Gasteiger partial charge in [0.05, 0.1) is 16.4 Å². The van der Waals surface area contributed by atoms with Gasteiger partial charge in [0, 0.05) is 63.6 Å². The maximum absolute atomic E-state index is 14.0. The number of nitrogens with zero attached hydrogens (tertiary/aromatic N) is 6. The van der Waals surface area contributed by atoms with Crippen molar-refractivity contribution in [3.8, 4) is 0 Å². The van der Waals surface area contributed by atoms with Crippen LogP contribution in [0.2, 0.25) is 0 Å². The number of carbonyl (C=O) groups is 2. The highest BCUT2D eigenvalue weighted by Gasteiger charge is 2.27. The summed E-state index contributed by atoms with van der Waals surface area (Å²) >= 11 is 0. The number of benzene rings is 2. The highest BCUT2D eigenvalue weighted by molar-refractivity contribution is 6.06. The van der Waals surface area contributed by atoms with E-state index >= 15 is 0 Å². The molecule has 2 fully saturated rings. The summed E-state index contributed by atoms with van der Waals surface area (Å²) in [6.07, 6.45) is 4.25. The van der Waals surface area contributed by atoms with Gasteiger partial charge in [-0.1, -0.05) is 18.2 Å². The molecule has 11 heteroatoms. The van der Waals surface area contributed by atoms with Crippen LogP contribution in [0, 0.1) is 0 Å². The van der Waals surface area contributed by atoms with Crippen LogP contribution in [0.4, 0.5) is 5.82 Å². The summed E-state index contributed by atoms with van der Waals surface area (Å²) in [5, 5.41) is 4.50. The molecule has 2 aromatic carbocycles. The zero-order chi connectivity index (χ0) is 31.4. The summed E-state index contributed by atoms with van der Waals surface area (Å²) in [5.74, 6) is 0.379. The van der Waals surface area contributed by atoms with E-state index in [9.17, 15) is 14.4 Å². The van der Waals surface area contributed by atoms with Gasteiger partial charge in [-0.25, -0.2) is 4.98 Å². The molecule has 0 spiro atoms. The number of amides is 2. The van der Waals surface area contributed by atoms with Crippen LogP contribution >= 0.6 is 0 Å². The molecular weight excluding hydrogens is 580 g/mol. The van der Waals surface area contributed by atoms with Gasteiger partial charge >= 0.3 is 0 Å². The molecule has 2 saturated heterocycles. The predicted octanol–water partition coefficient (Wildman–Crippen LogP) is 3.61. The van der Waals surface area contributed by atoms with Crippen molar-refractivity contribution in [1.29, 1.82) is 0 Å². The Balaban J connectivity index is 1.11. The molecule has 6 aromatic rings. The van der Waals surface area contributed by atoms with Crippen LogP contribution in [0.3, 0.4) is 0 Å². The molecule has 0 aliphatic carbocycles. The van der Waals surface area contributed by atoms with Crippen LogP contribution in [0.1, 0.15) is 33.6 Å². The molecule has 46 heavy (non-hydrogen) atoms. The van der Waals surface area contributed by atoms with Crippen LogP contribution in [-0.2, 0) is 7.05 Å². The van der Waals surface area contributed by atoms with E-state index in [1.807, 2.05) is 81.7 Å². The fourth-order valence-electron chi connectivity index (χ4n) is 7.14. The highest BCUT2D eigenvalue weighted by Crippen LogP contribution is 2.27. The number of piperazine rings is 1. The molecule has 2 aliphatic heterocycles. The quantitative estimate of drug-likeness (QED) is 0.296. The molecule has 0 atom stereocenters. The largest absolute Gasteiger partial charge is 0.361 e. The Labute approximate surface area is 265 Å². The van der Waals surface area contributed by atoms with E-state index in [4.69, 9.17) is 4.98 Å². The van der Waals surface area contributed by atoms with Crippen LogP contribution in [0.5, 0.6) is 0 Å². The predicted molar refractivity (Wildman–Crippen MR) is 180 cm³/mol. The second-order valence-electron chi connectivity index (χ2n) is 12.3. The average molecular weight is 617 g/mol. The maximum atomic E-state index is 14.0. The second kappa shape index (κ2) is 11.3. The van der Waals surface area contributed by atoms with Crippen molar-refractivity contribution in [1.82, 2.24) is 34.1 Å². The molecule has 2 aliphatic rings. The Morgan fingerprint density at radius 1 is 0.913 bits per heavy atom. The first kappa shape index (κ1) is 28.3. The van der Waals surface area contributed by atoms with Crippen molar-refractivity contribution >= 4 is 56.2 Å². The summed E-state index contributed by atoms with van der Waals surface area (Å²) in [7, 11) is 1.89. The first-order chi connectivity index (χ1) is 22.5. The van der Waals surface area contributed by atoms with Crippen molar-refractivity contribution in [2.24, 2.45) is 7.05 Å². The van der Waals surface area contributed by atoms with E-state index in [0.717, 1.165) is 47.4 Å². The third kappa shape index (κ3) is 4.69. The van der Waals surface area contributed by atoms with Gasteiger partial charge in [-0.05, 0) is 73.8 Å². The molecule has 234 valence electrons. The van der Waals surface area contributed by atoms with Crippen molar-refractivity contribution in [2.45, 2.75) is 12.8 Å². The molecular formula is C35H36N8O3. The van der Waals surface area contributed by atoms with Crippen LogP contribution in [0.25, 0.3) is 38.6 Å². The van der Waals surface area contributed by atoms with Crippen molar-refractivity contribution < 1.29 is 9.59 Å². The van der Waals surface area contributed by atoms with Gasteiger partial charge in [-0.3, -0.25) is 18.8 Å². The van der Waals surface area contributed by atoms with Gasteiger partial charge < -0.3 is 29.6 Å². The molecule has 0 saturated carbocycles. The van der Waals surface area contributed by atoms with Gasteiger partial charge in [0.2, 0.25) is 5.43 Å². The summed E-state index contributed by atoms with van der Waals surface area (Å²) in [4.78, 5) is 55.6. The Bertz CT molecular complexity index is 2200. The van der Waals surface area contributed by atoms with E-state index in [1.54, 1.807) is 6.07 Å². The van der Waals surface area contributed by atoms with Crippen molar-refractivity contribution in [2.75, 3.05) is 57.3 Å². The molecule has 2 amide bonds. The minimum absolute atomic E-state index is 0.0119. The Morgan fingerprint density at radius 2 is 1.70 bits per heavy atom. The molecule has 0 bridgehead atoms. The number of fused-ring (bicyclic) bond motifs is 6. The summed E-state index contributed by atoms with van der Waals surface area (Å²) in [6.45, 7) is 5.68. The number of anilines is 1. The van der Waals surface area contributed by atoms with Gasteiger partial charge in [0.1, 0.15) is 17.0 Å². The van der Waals surface area contributed by atoms with Gasteiger partial charge in [-0.15, -0.1) is 0 Å². The molecule has 11 nitrogen and oxygen atoms in total. The summed E-state index contributed by atoms with van der Waals surface area (Å²) in [5.41, 5.74) is 4.23. The lowest BCUT2D eigenvalue weighted by molar-refractivity contribution is 0.0746. The molecule has 2 N–H and O–H groups in total. The van der Waals surface area contributed by atoms with E-state index in [1.165, 1.54) is 12.8 Å². The number of H-pyrrole nitrogens is 1. The number of carbonyl (C=O) groups excluding carboxylic acids is 2. The first-order valence-electron chi connectivity index (χ1n) is 16.0. The number of hydrogen-bond acceptors (Lipinski definition) is 6. The standard InChI is InChI=1S/C35H36N8O3/c1-39-27-6-2-3-7-28(27)43-32-25(31(44)30(34(39)43)33(45)37-14-17-40-15-4-5-16-40)10-11-29(38-32)41-18-20-42(21-19-41)35(46)24-9-8-23-12-13-36-26(23)22-24/h2-3,6-13,22,36H,4-5,14-21H2,1H3,(H,37,45). The lowest BCUT2D eigenvalue weighted by Gasteiger charge is -2.35. The van der Waals surface area contributed by atoms with Crippen LogP contribution in [0.15, 0.2) is 71.7 Å². The van der Waals surface area contributed by atoms with Crippen molar-refractivity contribution in [3.63, 3.8) is 0 Å². The van der Waals surface area contributed by atoms with Crippen molar-refractivity contribution in [3.05, 3.63) is 88.2 Å². The highest BCUT2D eigenvalue weighted by atomic mass is 16.2. The normalized spacial score (nSPS) is 15.9. The fraction of sp³-hybridized carbons (Fsp3) is 0.314.